The number of rotatable bonds is 3. The fraction of sp³-hybridized carbons (Fsp3) is 0.294. The van der Waals surface area contributed by atoms with E-state index in [1.807, 2.05) is 29.2 Å². The Morgan fingerprint density at radius 2 is 1.79 bits per heavy atom. The minimum Gasteiger partial charge on any atom is -0.465 e. The number of piperazine rings is 1. The zero-order valence-corrected chi connectivity index (χ0v) is 14.8. The maximum absolute atomic E-state index is 12.6. The molecule has 0 saturated carbocycles. The van der Waals surface area contributed by atoms with Crippen LogP contribution in [0.3, 0.4) is 0 Å². The van der Waals surface area contributed by atoms with E-state index in [0.717, 1.165) is 18.8 Å². The number of halogens is 1. The van der Waals surface area contributed by atoms with Crippen molar-refractivity contribution in [1.29, 1.82) is 0 Å². The van der Waals surface area contributed by atoms with Crippen molar-refractivity contribution in [3.05, 3.63) is 51.2 Å². The van der Waals surface area contributed by atoms with E-state index < -0.39 is 5.97 Å². The second kappa shape index (κ2) is 7.23. The van der Waals surface area contributed by atoms with Gasteiger partial charge in [0.15, 0.2) is 0 Å². The molecule has 5 nitrogen and oxygen atoms in total. The van der Waals surface area contributed by atoms with Crippen molar-refractivity contribution in [3.63, 3.8) is 0 Å². The van der Waals surface area contributed by atoms with Crippen molar-refractivity contribution >= 4 is 40.5 Å². The topological polar surface area (TPSA) is 49.9 Å². The summed E-state index contributed by atoms with van der Waals surface area (Å²) in [4.78, 5) is 29.1. The molecule has 126 valence electrons. The molecule has 1 aromatic heterocycles. The molecular weight excluding hydrogens is 348 g/mol. The molecule has 0 radical (unpaired) electrons. The summed E-state index contributed by atoms with van der Waals surface area (Å²) in [6.07, 6.45) is 0. The van der Waals surface area contributed by atoms with Crippen molar-refractivity contribution in [2.75, 3.05) is 38.2 Å². The molecule has 0 bridgehead atoms. The van der Waals surface area contributed by atoms with E-state index in [4.69, 9.17) is 11.6 Å². The van der Waals surface area contributed by atoms with Crippen molar-refractivity contribution in [1.82, 2.24) is 4.90 Å². The number of anilines is 1. The van der Waals surface area contributed by atoms with Gasteiger partial charge >= 0.3 is 5.97 Å². The van der Waals surface area contributed by atoms with E-state index in [9.17, 15) is 9.59 Å². The summed E-state index contributed by atoms with van der Waals surface area (Å²) in [6, 6.07) is 11.0. The summed E-state index contributed by atoms with van der Waals surface area (Å²) >= 11 is 7.21. The molecule has 1 aliphatic rings. The van der Waals surface area contributed by atoms with E-state index >= 15 is 0 Å². The van der Waals surface area contributed by atoms with Crippen LogP contribution in [0.1, 0.15) is 19.3 Å². The molecule has 1 aliphatic heterocycles. The summed E-state index contributed by atoms with van der Waals surface area (Å²) < 4.78 is 4.68. The Bertz CT molecular complexity index is 754. The number of nitrogens with zero attached hydrogens (tertiary/aromatic N) is 2. The molecule has 1 aromatic carbocycles. The summed E-state index contributed by atoms with van der Waals surface area (Å²) in [6.45, 7) is 2.77. The Morgan fingerprint density at radius 1 is 1.08 bits per heavy atom. The minimum atomic E-state index is -0.412. The van der Waals surface area contributed by atoms with E-state index in [0.29, 0.717) is 27.9 Å². The van der Waals surface area contributed by atoms with Gasteiger partial charge in [-0.05, 0) is 30.3 Å². The number of carbonyl (C=O) groups excluding carboxylic acids is 2. The lowest BCUT2D eigenvalue weighted by Gasteiger charge is -2.36. The predicted molar refractivity (Wildman–Crippen MR) is 95.2 cm³/mol. The zero-order chi connectivity index (χ0) is 17.1. The van der Waals surface area contributed by atoms with E-state index in [-0.39, 0.29) is 5.91 Å². The maximum atomic E-state index is 12.6. The number of carbonyl (C=O) groups is 2. The molecule has 7 heteroatoms. The SMILES string of the molecule is COC(=O)c1ccc(C(=O)N2CCN(c3cccc(Cl)c3)CC2)s1. The molecule has 0 N–H and O–H groups in total. The first-order valence-electron chi connectivity index (χ1n) is 7.56. The van der Waals surface area contributed by atoms with Crippen LogP contribution in [-0.4, -0.2) is 50.1 Å². The largest absolute Gasteiger partial charge is 0.465 e. The number of esters is 1. The molecule has 0 spiro atoms. The number of methoxy groups -OCH3 is 1. The van der Waals surface area contributed by atoms with Crippen molar-refractivity contribution in [2.45, 2.75) is 0 Å². The van der Waals surface area contributed by atoms with Crippen LogP contribution in [0.25, 0.3) is 0 Å². The monoisotopic (exact) mass is 364 g/mol. The van der Waals surface area contributed by atoms with Crippen LogP contribution >= 0.6 is 22.9 Å². The van der Waals surface area contributed by atoms with Crippen LogP contribution < -0.4 is 4.90 Å². The molecule has 2 heterocycles. The van der Waals surface area contributed by atoms with Crippen LogP contribution in [-0.2, 0) is 4.74 Å². The Balaban J connectivity index is 1.63. The first kappa shape index (κ1) is 16.8. The summed E-state index contributed by atoms with van der Waals surface area (Å²) in [5.41, 5.74) is 1.07. The first-order chi connectivity index (χ1) is 11.6. The van der Waals surface area contributed by atoms with Gasteiger partial charge in [0.05, 0.1) is 12.0 Å². The average Bonchev–Trinajstić information content (AvgIpc) is 3.10. The van der Waals surface area contributed by atoms with Crippen LogP contribution in [0.15, 0.2) is 36.4 Å². The maximum Gasteiger partial charge on any atom is 0.348 e. The van der Waals surface area contributed by atoms with Gasteiger partial charge in [-0.1, -0.05) is 17.7 Å². The van der Waals surface area contributed by atoms with Crippen molar-refractivity contribution in [2.24, 2.45) is 0 Å². The Morgan fingerprint density at radius 3 is 2.46 bits per heavy atom. The lowest BCUT2D eigenvalue weighted by Crippen LogP contribution is -2.48. The summed E-state index contributed by atoms with van der Waals surface area (Å²) in [5.74, 6) is -0.453. The highest BCUT2D eigenvalue weighted by molar-refractivity contribution is 7.15. The third kappa shape index (κ3) is 3.55. The number of ether oxygens (including phenoxy) is 1. The summed E-state index contributed by atoms with van der Waals surface area (Å²) in [5, 5.41) is 0.708. The average molecular weight is 365 g/mol. The molecule has 1 saturated heterocycles. The summed E-state index contributed by atoms with van der Waals surface area (Å²) in [7, 11) is 1.33. The van der Waals surface area contributed by atoms with Gasteiger partial charge in [0, 0.05) is 36.9 Å². The number of hydrogen-bond donors (Lipinski definition) is 0. The first-order valence-corrected chi connectivity index (χ1v) is 8.76. The van der Waals surface area contributed by atoms with Crippen molar-refractivity contribution in [3.8, 4) is 0 Å². The highest BCUT2D eigenvalue weighted by atomic mass is 35.5. The van der Waals surface area contributed by atoms with Gasteiger partial charge in [0.2, 0.25) is 0 Å². The molecule has 1 amide bonds. The van der Waals surface area contributed by atoms with Crippen LogP contribution in [0.2, 0.25) is 5.02 Å². The highest BCUT2D eigenvalue weighted by Gasteiger charge is 2.24. The highest BCUT2D eigenvalue weighted by Crippen LogP contribution is 2.23. The van der Waals surface area contributed by atoms with Gasteiger partial charge in [-0.2, -0.15) is 0 Å². The van der Waals surface area contributed by atoms with E-state index in [1.165, 1.54) is 18.4 Å². The Kier molecular flexibility index (Phi) is 5.06. The second-order valence-electron chi connectivity index (χ2n) is 5.41. The standard InChI is InChI=1S/C17H17ClN2O3S/c1-23-17(22)15-6-5-14(24-15)16(21)20-9-7-19(8-10-20)13-4-2-3-12(18)11-13/h2-6,11H,7-10H2,1H3. The van der Waals surface area contributed by atoms with Crippen LogP contribution in [0.4, 0.5) is 5.69 Å². The molecular formula is C17H17ClN2O3S. The second-order valence-corrected chi connectivity index (χ2v) is 6.93. The molecule has 3 rings (SSSR count). The molecule has 0 atom stereocenters. The molecule has 0 aliphatic carbocycles. The van der Waals surface area contributed by atoms with Crippen LogP contribution in [0, 0.1) is 0 Å². The number of amides is 1. The lowest BCUT2D eigenvalue weighted by molar-refractivity contribution is 0.0606. The number of benzene rings is 1. The van der Waals surface area contributed by atoms with Gasteiger partial charge in [0.1, 0.15) is 4.88 Å². The fourth-order valence-corrected chi connectivity index (χ4v) is 3.74. The molecule has 0 unspecified atom stereocenters. The third-order valence-electron chi connectivity index (χ3n) is 3.94. The molecule has 24 heavy (non-hydrogen) atoms. The van der Waals surface area contributed by atoms with Gasteiger partial charge < -0.3 is 14.5 Å². The molecule has 1 fully saturated rings. The van der Waals surface area contributed by atoms with Gasteiger partial charge in [-0.15, -0.1) is 11.3 Å². The van der Waals surface area contributed by atoms with Gasteiger partial charge in [0.25, 0.3) is 5.91 Å². The lowest BCUT2D eigenvalue weighted by atomic mass is 10.2. The van der Waals surface area contributed by atoms with E-state index in [2.05, 4.69) is 9.64 Å². The zero-order valence-electron chi connectivity index (χ0n) is 13.2. The van der Waals surface area contributed by atoms with E-state index in [1.54, 1.807) is 12.1 Å². The Labute approximate surface area is 149 Å². The third-order valence-corrected chi connectivity index (χ3v) is 5.23. The number of thiophene rings is 1. The smallest absolute Gasteiger partial charge is 0.348 e. The molecule has 2 aromatic rings. The normalized spacial score (nSPS) is 14.6. The predicted octanol–water partition coefficient (Wildman–Crippen LogP) is 3.15. The number of hydrogen-bond acceptors (Lipinski definition) is 5. The van der Waals surface area contributed by atoms with Crippen molar-refractivity contribution < 1.29 is 14.3 Å². The quantitative estimate of drug-likeness (QED) is 0.785. The van der Waals surface area contributed by atoms with Gasteiger partial charge in [-0.3, -0.25) is 4.79 Å². The van der Waals surface area contributed by atoms with Crippen LogP contribution in [0.5, 0.6) is 0 Å². The van der Waals surface area contributed by atoms with Gasteiger partial charge in [-0.25, -0.2) is 4.79 Å². The fourth-order valence-electron chi connectivity index (χ4n) is 2.66. The Hall–Kier alpha value is -2.05. The minimum absolute atomic E-state index is 0.0408.